The van der Waals surface area contributed by atoms with Crippen molar-refractivity contribution in [3.8, 4) is 0 Å². The van der Waals surface area contributed by atoms with Crippen LogP contribution in [0.1, 0.15) is 48.0 Å². The third kappa shape index (κ3) is 5.39. The molecule has 4 nitrogen and oxygen atoms in total. The summed E-state index contributed by atoms with van der Waals surface area (Å²) in [4.78, 5) is 11.6. The van der Waals surface area contributed by atoms with E-state index in [1.54, 1.807) is 0 Å². The Labute approximate surface area is 117 Å². The highest BCUT2D eigenvalue weighted by Gasteiger charge is 2.36. The highest BCUT2D eigenvalue weighted by atomic mass is 16.6. The van der Waals surface area contributed by atoms with E-state index in [0.717, 1.165) is 19.5 Å². The molecular weight excluding hydrogens is 240 g/mol. The predicted molar refractivity (Wildman–Crippen MR) is 78.2 cm³/mol. The minimum absolute atomic E-state index is 0.285. The first-order valence-electron chi connectivity index (χ1n) is 7.29. The molecule has 0 saturated carbocycles. The predicted octanol–water partition coefficient (Wildman–Crippen LogP) is 2.78. The van der Waals surface area contributed by atoms with Gasteiger partial charge in [-0.1, -0.05) is 20.8 Å². The van der Waals surface area contributed by atoms with Gasteiger partial charge in [-0.25, -0.2) is 4.79 Å². The number of carbonyl (C=O) groups is 1. The summed E-state index contributed by atoms with van der Waals surface area (Å²) in [5.74, 6) is 1.27. The molecule has 1 amide bonds. The molecule has 19 heavy (non-hydrogen) atoms. The van der Waals surface area contributed by atoms with Crippen LogP contribution in [-0.4, -0.2) is 31.3 Å². The van der Waals surface area contributed by atoms with Gasteiger partial charge in [0.15, 0.2) is 0 Å². The van der Waals surface area contributed by atoms with Gasteiger partial charge in [0.25, 0.3) is 0 Å². The molecule has 1 saturated heterocycles. The number of ether oxygens (including phenoxy) is 1. The summed E-state index contributed by atoms with van der Waals surface area (Å²) >= 11 is 0. The number of rotatable bonds is 3. The lowest BCUT2D eigenvalue weighted by Crippen LogP contribution is -2.48. The minimum Gasteiger partial charge on any atom is -0.444 e. The van der Waals surface area contributed by atoms with E-state index in [1.165, 1.54) is 0 Å². The van der Waals surface area contributed by atoms with Crippen molar-refractivity contribution in [2.24, 2.45) is 17.3 Å². The Hall–Kier alpha value is -0.770. The van der Waals surface area contributed by atoms with E-state index in [4.69, 9.17) is 4.74 Å². The smallest absolute Gasteiger partial charge is 0.407 e. The van der Waals surface area contributed by atoms with Crippen LogP contribution in [0.25, 0.3) is 0 Å². The van der Waals surface area contributed by atoms with Gasteiger partial charge in [-0.2, -0.15) is 0 Å². The normalized spacial score (nSPS) is 26.8. The zero-order chi connectivity index (χ0) is 14.7. The Morgan fingerprint density at radius 3 is 2.58 bits per heavy atom. The molecule has 1 aliphatic heterocycles. The Bertz CT molecular complexity index is 308. The van der Waals surface area contributed by atoms with Crippen LogP contribution < -0.4 is 10.6 Å². The van der Waals surface area contributed by atoms with E-state index in [9.17, 15) is 4.79 Å². The molecule has 0 radical (unpaired) electrons. The molecule has 1 fully saturated rings. The summed E-state index contributed by atoms with van der Waals surface area (Å²) in [7, 11) is 0. The standard InChI is InChI=1S/C15H30N2O2/c1-11-9-16-10-15(5,6)12(11)7-8-17-13(18)19-14(2,3)4/h11-12,16H,7-10H2,1-6H3,(H,17,18). The molecule has 2 N–H and O–H groups in total. The largest absolute Gasteiger partial charge is 0.444 e. The van der Waals surface area contributed by atoms with Gasteiger partial charge >= 0.3 is 6.09 Å². The second-order valence-electron chi connectivity index (χ2n) is 7.42. The summed E-state index contributed by atoms with van der Waals surface area (Å²) < 4.78 is 5.24. The average Bonchev–Trinajstić information content (AvgIpc) is 2.19. The Morgan fingerprint density at radius 2 is 2.05 bits per heavy atom. The fourth-order valence-electron chi connectivity index (χ4n) is 2.98. The molecule has 0 aromatic carbocycles. The third-order valence-electron chi connectivity index (χ3n) is 3.86. The molecule has 0 spiro atoms. The first-order chi connectivity index (χ1) is 8.62. The molecule has 0 aromatic rings. The maximum Gasteiger partial charge on any atom is 0.407 e. The molecule has 1 aliphatic rings. The zero-order valence-electron chi connectivity index (χ0n) is 13.3. The number of carbonyl (C=O) groups excluding carboxylic acids is 1. The van der Waals surface area contributed by atoms with Crippen LogP contribution in [0.2, 0.25) is 0 Å². The van der Waals surface area contributed by atoms with E-state index < -0.39 is 5.60 Å². The van der Waals surface area contributed by atoms with E-state index in [1.807, 2.05) is 20.8 Å². The van der Waals surface area contributed by atoms with E-state index >= 15 is 0 Å². The van der Waals surface area contributed by atoms with Gasteiger partial charge in [-0.3, -0.25) is 0 Å². The maximum absolute atomic E-state index is 11.6. The Kier molecular flexibility index (Phi) is 5.25. The SMILES string of the molecule is CC1CNCC(C)(C)C1CCNC(=O)OC(C)(C)C. The van der Waals surface area contributed by atoms with E-state index in [0.29, 0.717) is 18.4 Å². The van der Waals surface area contributed by atoms with Crippen molar-refractivity contribution in [2.75, 3.05) is 19.6 Å². The summed E-state index contributed by atoms with van der Waals surface area (Å²) in [6, 6.07) is 0. The molecule has 1 rings (SSSR count). The Morgan fingerprint density at radius 1 is 1.42 bits per heavy atom. The number of hydrogen-bond acceptors (Lipinski definition) is 3. The van der Waals surface area contributed by atoms with Gasteiger partial charge in [0.1, 0.15) is 5.60 Å². The van der Waals surface area contributed by atoms with Crippen molar-refractivity contribution in [2.45, 2.75) is 53.6 Å². The number of piperidine rings is 1. The molecule has 4 heteroatoms. The van der Waals surface area contributed by atoms with Crippen molar-refractivity contribution < 1.29 is 9.53 Å². The quantitative estimate of drug-likeness (QED) is 0.829. The van der Waals surface area contributed by atoms with Crippen molar-refractivity contribution in [3.63, 3.8) is 0 Å². The van der Waals surface area contributed by atoms with Crippen molar-refractivity contribution >= 4 is 6.09 Å². The summed E-state index contributed by atoms with van der Waals surface area (Å²) in [5.41, 5.74) is -0.140. The van der Waals surface area contributed by atoms with Gasteiger partial charge in [-0.15, -0.1) is 0 Å². The topological polar surface area (TPSA) is 50.4 Å². The maximum atomic E-state index is 11.6. The van der Waals surface area contributed by atoms with Gasteiger partial charge in [-0.05, 0) is 51.0 Å². The van der Waals surface area contributed by atoms with Crippen LogP contribution in [0.4, 0.5) is 4.79 Å². The van der Waals surface area contributed by atoms with Crippen LogP contribution >= 0.6 is 0 Å². The average molecular weight is 270 g/mol. The van der Waals surface area contributed by atoms with Crippen molar-refractivity contribution in [1.29, 1.82) is 0 Å². The monoisotopic (exact) mass is 270 g/mol. The highest BCUT2D eigenvalue weighted by Crippen LogP contribution is 2.37. The number of nitrogens with one attached hydrogen (secondary N) is 2. The fourth-order valence-corrected chi connectivity index (χ4v) is 2.98. The highest BCUT2D eigenvalue weighted by molar-refractivity contribution is 5.67. The van der Waals surface area contributed by atoms with Crippen LogP contribution in [0.15, 0.2) is 0 Å². The second kappa shape index (κ2) is 6.12. The van der Waals surface area contributed by atoms with Crippen LogP contribution in [-0.2, 0) is 4.74 Å². The molecular formula is C15H30N2O2. The van der Waals surface area contributed by atoms with Gasteiger partial charge in [0.2, 0.25) is 0 Å². The lowest BCUT2D eigenvalue weighted by atomic mass is 9.68. The number of amides is 1. The van der Waals surface area contributed by atoms with E-state index in [-0.39, 0.29) is 11.5 Å². The molecule has 1 heterocycles. The molecule has 0 aromatic heterocycles. The molecule has 112 valence electrons. The van der Waals surface area contributed by atoms with Gasteiger partial charge in [0, 0.05) is 13.1 Å². The summed E-state index contributed by atoms with van der Waals surface area (Å²) in [5, 5.41) is 6.34. The Balaban J connectivity index is 2.37. The third-order valence-corrected chi connectivity index (χ3v) is 3.86. The number of hydrogen-bond donors (Lipinski definition) is 2. The van der Waals surface area contributed by atoms with Crippen LogP contribution in [0, 0.1) is 17.3 Å². The van der Waals surface area contributed by atoms with Crippen LogP contribution in [0.5, 0.6) is 0 Å². The summed E-state index contributed by atoms with van der Waals surface area (Å²) in [6.45, 7) is 15.3. The van der Waals surface area contributed by atoms with E-state index in [2.05, 4.69) is 31.4 Å². The van der Waals surface area contributed by atoms with Crippen molar-refractivity contribution in [1.82, 2.24) is 10.6 Å². The van der Waals surface area contributed by atoms with Crippen LogP contribution in [0.3, 0.4) is 0 Å². The first kappa shape index (κ1) is 16.3. The van der Waals surface area contributed by atoms with Gasteiger partial charge < -0.3 is 15.4 Å². The lowest BCUT2D eigenvalue weighted by molar-refractivity contribution is 0.0499. The zero-order valence-corrected chi connectivity index (χ0v) is 13.3. The summed E-state index contributed by atoms with van der Waals surface area (Å²) in [6.07, 6.45) is 0.696. The molecule has 0 bridgehead atoms. The lowest BCUT2D eigenvalue weighted by Gasteiger charge is -2.43. The number of alkyl carbamates (subject to hydrolysis) is 1. The molecule has 2 atom stereocenters. The molecule has 0 aliphatic carbocycles. The minimum atomic E-state index is -0.425. The molecule has 2 unspecified atom stereocenters. The second-order valence-corrected chi connectivity index (χ2v) is 7.42. The first-order valence-corrected chi connectivity index (χ1v) is 7.29. The fraction of sp³-hybridized carbons (Fsp3) is 0.933. The van der Waals surface area contributed by atoms with Gasteiger partial charge in [0.05, 0.1) is 0 Å². The van der Waals surface area contributed by atoms with Crippen molar-refractivity contribution in [3.05, 3.63) is 0 Å².